The normalized spacial score (nSPS) is 25.2. The third-order valence-corrected chi connectivity index (χ3v) is 3.97. The highest BCUT2D eigenvalue weighted by Crippen LogP contribution is 2.39. The van der Waals surface area contributed by atoms with Gasteiger partial charge in [-0.15, -0.1) is 0 Å². The monoisotopic (exact) mass is 236 g/mol. The minimum absolute atomic E-state index is 0.388. The first-order chi connectivity index (χ1) is 8.39. The molecule has 3 rings (SSSR count). The number of imidazole rings is 1. The molecule has 1 saturated carbocycles. The Morgan fingerprint density at radius 3 is 2.59 bits per heavy atom. The number of hydrogen-bond acceptors (Lipinski definition) is 3. The third kappa shape index (κ3) is 2.24. The van der Waals surface area contributed by atoms with E-state index in [2.05, 4.69) is 9.55 Å². The number of nitrogens with zero attached hydrogens (tertiary/aromatic N) is 2. The van der Waals surface area contributed by atoms with Crippen molar-refractivity contribution >= 4 is 0 Å². The van der Waals surface area contributed by atoms with Gasteiger partial charge < -0.3 is 14.0 Å². The summed E-state index contributed by atoms with van der Waals surface area (Å²) in [5, 5.41) is 0. The Hall–Kier alpha value is -0.870. The zero-order valence-corrected chi connectivity index (χ0v) is 10.2. The molecule has 0 spiro atoms. The van der Waals surface area contributed by atoms with Crippen LogP contribution in [0, 0.1) is 5.92 Å². The van der Waals surface area contributed by atoms with Gasteiger partial charge in [0.15, 0.2) is 5.79 Å². The zero-order valence-electron chi connectivity index (χ0n) is 10.2. The van der Waals surface area contributed by atoms with Crippen molar-refractivity contribution in [2.45, 2.75) is 44.4 Å². The molecule has 1 saturated heterocycles. The fourth-order valence-electron chi connectivity index (χ4n) is 3.10. The molecule has 1 aromatic heterocycles. The van der Waals surface area contributed by atoms with Crippen LogP contribution >= 0.6 is 0 Å². The highest BCUT2D eigenvalue weighted by atomic mass is 16.7. The molecule has 0 radical (unpaired) electrons. The summed E-state index contributed by atoms with van der Waals surface area (Å²) in [6.45, 7) is 2.23. The summed E-state index contributed by atoms with van der Waals surface area (Å²) in [6, 6.07) is 0. The Balaban J connectivity index is 1.77. The highest BCUT2D eigenvalue weighted by Gasteiger charge is 2.44. The van der Waals surface area contributed by atoms with Crippen LogP contribution in [0.1, 0.15) is 32.1 Å². The van der Waals surface area contributed by atoms with Crippen molar-refractivity contribution in [2.75, 3.05) is 13.2 Å². The van der Waals surface area contributed by atoms with E-state index in [0.29, 0.717) is 5.92 Å². The van der Waals surface area contributed by atoms with Crippen LogP contribution in [0.3, 0.4) is 0 Å². The average Bonchev–Trinajstić information content (AvgIpc) is 3.03. The van der Waals surface area contributed by atoms with Crippen molar-refractivity contribution in [3.63, 3.8) is 0 Å². The average molecular weight is 236 g/mol. The van der Waals surface area contributed by atoms with Crippen molar-refractivity contribution in [3.05, 3.63) is 18.7 Å². The van der Waals surface area contributed by atoms with E-state index >= 15 is 0 Å². The molecule has 2 aliphatic rings. The van der Waals surface area contributed by atoms with Crippen LogP contribution in [0.2, 0.25) is 0 Å². The topological polar surface area (TPSA) is 36.3 Å². The Kier molecular flexibility index (Phi) is 3.16. The molecule has 0 bridgehead atoms. The predicted molar refractivity (Wildman–Crippen MR) is 63.4 cm³/mol. The van der Waals surface area contributed by atoms with E-state index < -0.39 is 0 Å². The first kappa shape index (κ1) is 11.2. The van der Waals surface area contributed by atoms with E-state index in [9.17, 15) is 0 Å². The van der Waals surface area contributed by atoms with Crippen molar-refractivity contribution in [2.24, 2.45) is 5.92 Å². The van der Waals surface area contributed by atoms with Crippen molar-refractivity contribution < 1.29 is 9.47 Å². The lowest BCUT2D eigenvalue weighted by atomic mass is 9.83. The minimum atomic E-state index is -0.388. The van der Waals surface area contributed by atoms with E-state index in [1.807, 2.05) is 18.7 Å². The zero-order chi connectivity index (χ0) is 11.6. The molecule has 0 N–H and O–H groups in total. The van der Waals surface area contributed by atoms with E-state index in [1.165, 1.54) is 32.1 Å². The molecular weight excluding hydrogens is 216 g/mol. The predicted octanol–water partition coefficient (Wildman–Crippen LogP) is 2.21. The van der Waals surface area contributed by atoms with Gasteiger partial charge in [0.1, 0.15) is 0 Å². The number of hydrogen-bond donors (Lipinski definition) is 0. The number of rotatable bonds is 3. The molecule has 0 atom stereocenters. The molecule has 4 nitrogen and oxygen atoms in total. The van der Waals surface area contributed by atoms with Crippen LogP contribution in [0.25, 0.3) is 0 Å². The van der Waals surface area contributed by atoms with Gasteiger partial charge in [-0.2, -0.15) is 0 Å². The number of aromatic nitrogens is 2. The SMILES string of the molecule is c1cn(CC2(C3CCCCC3)OCCO2)cn1. The maximum absolute atomic E-state index is 5.98. The fraction of sp³-hybridized carbons (Fsp3) is 0.769. The fourth-order valence-corrected chi connectivity index (χ4v) is 3.10. The molecule has 2 heterocycles. The van der Waals surface area contributed by atoms with E-state index in [-0.39, 0.29) is 5.79 Å². The summed E-state index contributed by atoms with van der Waals surface area (Å²) in [6.07, 6.45) is 12.1. The highest BCUT2D eigenvalue weighted by molar-refractivity contribution is 4.87. The molecule has 1 aliphatic carbocycles. The summed E-state index contributed by atoms with van der Waals surface area (Å²) in [4.78, 5) is 4.09. The summed E-state index contributed by atoms with van der Waals surface area (Å²) in [5.74, 6) is 0.155. The van der Waals surface area contributed by atoms with Crippen molar-refractivity contribution in [1.29, 1.82) is 0 Å². The van der Waals surface area contributed by atoms with Crippen LogP contribution in [0.4, 0.5) is 0 Å². The Morgan fingerprint density at radius 2 is 1.94 bits per heavy atom. The smallest absolute Gasteiger partial charge is 0.189 e. The lowest BCUT2D eigenvalue weighted by Gasteiger charge is -2.38. The minimum Gasteiger partial charge on any atom is -0.346 e. The lowest BCUT2D eigenvalue weighted by Crippen LogP contribution is -2.44. The largest absolute Gasteiger partial charge is 0.346 e. The molecule has 2 fully saturated rings. The van der Waals surface area contributed by atoms with E-state index in [1.54, 1.807) is 0 Å². The molecule has 1 aromatic rings. The van der Waals surface area contributed by atoms with E-state index in [0.717, 1.165) is 19.8 Å². The molecule has 0 aromatic carbocycles. The summed E-state index contributed by atoms with van der Waals surface area (Å²) < 4.78 is 14.0. The van der Waals surface area contributed by atoms with Gasteiger partial charge in [-0.25, -0.2) is 4.98 Å². The van der Waals surface area contributed by atoms with Gasteiger partial charge in [-0.3, -0.25) is 0 Å². The van der Waals surface area contributed by atoms with Crippen LogP contribution in [-0.4, -0.2) is 28.6 Å². The number of ether oxygens (including phenoxy) is 2. The molecule has 4 heteroatoms. The van der Waals surface area contributed by atoms with Gasteiger partial charge in [0.2, 0.25) is 0 Å². The second kappa shape index (κ2) is 4.78. The standard InChI is InChI=1S/C13H20N2O2/c1-2-4-12(5-3-1)13(16-8-9-17-13)10-15-7-6-14-11-15/h6-7,11-12H,1-5,8-10H2. The first-order valence-corrected chi connectivity index (χ1v) is 6.63. The van der Waals surface area contributed by atoms with Crippen molar-refractivity contribution in [3.8, 4) is 0 Å². The second-order valence-electron chi connectivity index (χ2n) is 5.08. The maximum Gasteiger partial charge on any atom is 0.189 e. The lowest BCUT2D eigenvalue weighted by molar-refractivity contribution is -0.211. The Bertz CT molecular complexity index is 338. The quantitative estimate of drug-likeness (QED) is 0.807. The second-order valence-corrected chi connectivity index (χ2v) is 5.08. The molecule has 0 unspecified atom stereocenters. The summed E-state index contributed by atoms with van der Waals surface area (Å²) in [7, 11) is 0. The maximum atomic E-state index is 5.98. The van der Waals surface area contributed by atoms with Gasteiger partial charge in [0.25, 0.3) is 0 Å². The van der Waals surface area contributed by atoms with Gasteiger partial charge in [0.05, 0.1) is 26.1 Å². The van der Waals surface area contributed by atoms with Gasteiger partial charge in [-0.1, -0.05) is 19.3 Å². The molecule has 94 valence electrons. The van der Waals surface area contributed by atoms with Gasteiger partial charge in [0, 0.05) is 18.3 Å². The van der Waals surface area contributed by atoms with Crippen molar-refractivity contribution in [1.82, 2.24) is 9.55 Å². The van der Waals surface area contributed by atoms with Gasteiger partial charge in [-0.05, 0) is 12.8 Å². The Morgan fingerprint density at radius 1 is 1.18 bits per heavy atom. The molecule has 0 amide bonds. The van der Waals surface area contributed by atoms with E-state index in [4.69, 9.17) is 9.47 Å². The summed E-state index contributed by atoms with van der Waals surface area (Å²) in [5.41, 5.74) is 0. The molecular formula is C13H20N2O2. The first-order valence-electron chi connectivity index (χ1n) is 6.63. The third-order valence-electron chi connectivity index (χ3n) is 3.97. The van der Waals surface area contributed by atoms with Gasteiger partial charge >= 0.3 is 0 Å². The van der Waals surface area contributed by atoms with Crippen LogP contribution < -0.4 is 0 Å². The van der Waals surface area contributed by atoms with Crippen LogP contribution in [0.15, 0.2) is 18.7 Å². The van der Waals surface area contributed by atoms with Crippen LogP contribution in [-0.2, 0) is 16.0 Å². The molecule has 1 aliphatic heterocycles. The Labute approximate surface area is 102 Å². The molecule has 17 heavy (non-hydrogen) atoms. The summed E-state index contributed by atoms with van der Waals surface area (Å²) >= 11 is 0. The van der Waals surface area contributed by atoms with Crippen LogP contribution in [0.5, 0.6) is 0 Å².